The summed E-state index contributed by atoms with van der Waals surface area (Å²) in [5, 5.41) is 12.8. The zero-order chi connectivity index (χ0) is 15.6. The van der Waals surface area contributed by atoms with Crippen LogP contribution in [-0.4, -0.2) is 27.7 Å². The van der Waals surface area contributed by atoms with Gasteiger partial charge in [-0.1, -0.05) is 6.92 Å². The third-order valence-electron chi connectivity index (χ3n) is 4.57. The van der Waals surface area contributed by atoms with Crippen LogP contribution < -0.4 is 11.1 Å². The first kappa shape index (κ1) is 15.9. The fourth-order valence-corrected chi connectivity index (χ4v) is 3.05. The van der Waals surface area contributed by atoms with Gasteiger partial charge in [0.2, 0.25) is 0 Å². The summed E-state index contributed by atoms with van der Waals surface area (Å²) in [5.74, 6) is 0.515. The maximum absolute atomic E-state index is 12.6. The Hall–Kier alpha value is -1.49. The Morgan fingerprint density at radius 2 is 2.14 bits per heavy atom. The van der Waals surface area contributed by atoms with E-state index in [4.69, 9.17) is 5.73 Å². The fourth-order valence-electron chi connectivity index (χ4n) is 3.05. The van der Waals surface area contributed by atoms with Crippen LogP contribution in [-0.2, 0) is 0 Å². The molecule has 0 atom stereocenters. The minimum absolute atomic E-state index is 0.0106. The van der Waals surface area contributed by atoms with Gasteiger partial charge in [0.15, 0.2) is 0 Å². The first-order valence-electron chi connectivity index (χ1n) is 7.77. The van der Waals surface area contributed by atoms with Crippen molar-refractivity contribution in [2.45, 2.75) is 58.0 Å². The number of nitrogens with one attached hydrogen (secondary N) is 1. The van der Waals surface area contributed by atoms with E-state index in [9.17, 15) is 9.90 Å². The number of hydrogen-bond donors (Lipinski definition) is 3. The van der Waals surface area contributed by atoms with Crippen LogP contribution >= 0.6 is 0 Å². The van der Waals surface area contributed by atoms with Crippen molar-refractivity contribution in [3.63, 3.8) is 0 Å². The molecule has 0 unspecified atom stereocenters. The molecule has 1 amide bonds. The van der Waals surface area contributed by atoms with Gasteiger partial charge in [0.25, 0.3) is 5.91 Å². The number of rotatable bonds is 4. The highest BCUT2D eigenvalue weighted by Crippen LogP contribution is 2.32. The third kappa shape index (κ3) is 3.40. The predicted octanol–water partition coefficient (Wildman–Crippen LogP) is 2.32. The van der Waals surface area contributed by atoms with Crippen LogP contribution in [0.5, 0.6) is 0 Å². The molecule has 0 aliphatic heterocycles. The number of aromatic nitrogens is 1. The molecule has 2 rings (SSSR count). The van der Waals surface area contributed by atoms with Crippen LogP contribution in [0.4, 0.5) is 5.69 Å². The molecular formula is C16H27N3O2. The number of nitrogen functional groups attached to an aromatic ring is 1. The summed E-state index contributed by atoms with van der Waals surface area (Å²) in [4.78, 5) is 12.6. The number of carbonyl (C=O) groups is 1. The number of anilines is 1. The van der Waals surface area contributed by atoms with Gasteiger partial charge in [-0.3, -0.25) is 4.79 Å². The first-order chi connectivity index (χ1) is 9.87. The number of aliphatic hydroxyl groups is 1. The highest BCUT2D eigenvalue weighted by atomic mass is 16.3. The van der Waals surface area contributed by atoms with E-state index in [1.165, 1.54) is 0 Å². The van der Waals surface area contributed by atoms with Gasteiger partial charge in [-0.15, -0.1) is 0 Å². The van der Waals surface area contributed by atoms with Gasteiger partial charge in [-0.25, -0.2) is 0 Å². The Balaban J connectivity index is 2.17. The fraction of sp³-hybridized carbons (Fsp3) is 0.688. The maximum Gasteiger partial charge on any atom is 0.268 e. The average Bonchev–Trinajstić information content (AvgIpc) is 2.84. The van der Waals surface area contributed by atoms with E-state index < -0.39 is 5.54 Å². The van der Waals surface area contributed by atoms with Gasteiger partial charge in [0.05, 0.1) is 17.8 Å². The van der Waals surface area contributed by atoms with Crippen LogP contribution in [0, 0.1) is 5.92 Å². The number of aliphatic hydroxyl groups excluding tert-OH is 1. The van der Waals surface area contributed by atoms with Crippen molar-refractivity contribution < 1.29 is 9.90 Å². The van der Waals surface area contributed by atoms with E-state index in [-0.39, 0.29) is 18.6 Å². The minimum Gasteiger partial charge on any atom is -0.397 e. The summed E-state index contributed by atoms with van der Waals surface area (Å²) in [6, 6.07) is 1.87. The van der Waals surface area contributed by atoms with Crippen LogP contribution in [0.1, 0.15) is 63.0 Å². The first-order valence-corrected chi connectivity index (χ1v) is 7.77. The Morgan fingerprint density at radius 1 is 1.52 bits per heavy atom. The Morgan fingerprint density at radius 3 is 2.67 bits per heavy atom. The third-order valence-corrected chi connectivity index (χ3v) is 4.57. The molecule has 5 heteroatoms. The van der Waals surface area contributed by atoms with E-state index in [0.717, 1.165) is 25.7 Å². The molecule has 21 heavy (non-hydrogen) atoms. The summed E-state index contributed by atoms with van der Waals surface area (Å²) in [6.07, 6.45) is 5.51. The molecule has 0 spiro atoms. The van der Waals surface area contributed by atoms with Gasteiger partial charge in [0, 0.05) is 12.2 Å². The molecule has 0 bridgehead atoms. The number of carbonyl (C=O) groups excluding carboxylic acids is 1. The van der Waals surface area contributed by atoms with Crippen molar-refractivity contribution >= 4 is 11.6 Å². The molecule has 1 aliphatic rings. The van der Waals surface area contributed by atoms with E-state index in [2.05, 4.69) is 12.2 Å². The van der Waals surface area contributed by atoms with Crippen LogP contribution in [0.3, 0.4) is 0 Å². The number of nitrogens with zero attached hydrogens (tertiary/aromatic N) is 1. The zero-order valence-corrected chi connectivity index (χ0v) is 13.2. The van der Waals surface area contributed by atoms with E-state index in [0.29, 0.717) is 17.3 Å². The van der Waals surface area contributed by atoms with Crippen molar-refractivity contribution in [1.29, 1.82) is 0 Å². The largest absolute Gasteiger partial charge is 0.397 e. The molecule has 118 valence electrons. The molecule has 1 aromatic rings. The van der Waals surface area contributed by atoms with E-state index in [1.54, 1.807) is 12.3 Å². The Labute approximate surface area is 126 Å². The van der Waals surface area contributed by atoms with Gasteiger partial charge in [-0.2, -0.15) is 0 Å². The molecule has 0 aromatic carbocycles. The standard InChI is InChI=1S/C16H27N3O2/c1-11(2)19-9-13(17)8-14(19)15(21)18-16(10-20)6-4-12(3)5-7-16/h8-9,11-12,20H,4-7,10,17H2,1-3H3,(H,18,21). The molecule has 0 saturated heterocycles. The maximum atomic E-state index is 12.6. The van der Waals surface area contributed by atoms with Gasteiger partial charge >= 0.3 is 0 Å². The second-order valence-electron chi connectivity index (χ2n) is 6.73. The predicted molar refractivity (Wildman–Crippen MR) is 84.1 cm³/mol. The van der Waals surface area contributed by atoms with E-state index in [1.807, 2.05) is 18.4 Å². The molecule has 1 aromatic heterocycles. The lowest BCUT2D eigenvalue weighted by atomic mass is 9.77. The summed E-state index contributed by atoms with van der Waals surface area (Å²) in [5.41, 5.74) is 6.49. The number of nitrogens with two attached hydrogens (primary N) is 1. The average molecular weight is 293 g/mol. The van der Waals surface area contributed by atoms with Crippen LogP contribution in [0.15, 0.2) is 12.3 Å². The van der Waals surface area contributed by atoms with Gasteiger partial charge in [0.1, 0.15) is 5.69 Å². The number of amides is 1. The summed E-state index contributed by atoms with van der Waals surface area (Å²) < 4.78 is 1.88. The van der Waals surface area contributed by atoms with Crippen molar-refractivity contribution in [2.75, 3.05) is 12.3 Å². The molecule has 1 fully saturated rings. The lowest BCUT2D eigenvalue weighted by molar-refractivity contribution is 0.0708. The van der Waals surface area contributed by atoms with Gasteiger partial charge in [-0.05, 0) is 51.5 Å². The molecule has 1 heterocycles. The minimum atomic E-state index is -0.482. The topological polar surface area (TPSA) is 80.3 Å². The molecule has 0 radical (unpaired) electrons. The summed E-state index contributed by atoms with van der Waals surface area (Å²) in [7, 11) is 0. The number of hydrogen-bond acceptors (Lipinski definition) is 3. The smallest absolute Gasteiger partial charge is 0.268 e. The quantitative estimate of drug-likeness (QED) is 0.797. The Bertz CT molecular complexity index is 500. The molecule has 5 nitrogen and oxygen atoms in total. The van der Waals surface area contributed by atoms with Crippen LogP contribution in [0.25, 0.3) is 0 Å². The second kappa shape index (κ2) is 6.10. The van der Waals surface area contributed by atoms with E-state index >= 15 is 0 Å². The monoisotopic (exact) mass is 293 g/mol. The van der Waals surface area contributed by atoms with Crippen molar-refractivity contribution in [3.05, 3.63) is 18.0 Å². The van der Waals surface area contributed by atoms with Crippen molar-refractivity contribution in [3.8, 4) is 0 Å². The zero-order valence-electron chi connectivity index (χ0n) is 13.2. The second-order valence-corrected chi connectivity index (χ2v) is 6.73. The molecule has 1 saturated carbocycles. The van der Waals surface area contributed by atoms with Crippen molar-refractivity contribution in [2.24, 2.45) is 5.92 Å². The SMILES string of the molecule is CC1CCC(CO)(NC(=O)c2cc(N)cn2C(C)C)CC1. The lowest BCUT2D eigenvalue weighted by Crippen LogP contribution is -2.53. The summed E-state index contributed by atoms with van der Waals surface area (Å²) in [6.45, 7) is 6.23. The molecular weight excluding hydrogens is 266 g/mol. The van der Waals surface area contributed by atoms with Crippen molar-refractivity contribution in [1.82, 2.24) is 9.88 Å². The normalized spacial score (nSPS) is 26.0. The molecule has 4 N–H and O–H groups in total. The molecule has 1 aliphatic carbocycles. The van der Waals surface area contributed by atoms with Gasteiger partial charge < -0.3 is 20.7 Å². The summed E-state index contributed by atoms with van der Waals surface area (Å²) >= 11 is 0. The highest BCUT2D eigenvalue weighted by molar-refractivity contribution is 5.94. The Kier molecular flexibility index (Phi) is 4.61. The lowest BCUT2D eigenvalue weighted by Gasteiger charge is -2.38. The highest BCUT2D eigenvalue weighted by Gasteiger charge is 2.35. The van der Waals surface area contributed by atoms with Crippen LogP contribution in [0.2, 0.25) is 0 Å².